The van der Waals surface area contributed by atoms with Crippen molar-refractivity contribution in [3.63, 3.8) is 0 Å². The molecule has 1 aromatic heterocycles. The van der Waals surface area contributed by atoms with Crippen LogP contribution in [-0.4, -0.2) is 27.1 Å². The number of aromatic nitrogens is 2. The van der Waals surface area contributed by atoms with E-state index in [0.717, 1.165) is 5.56 Å². The van der Waals surface area contributed by atoms with Gasteiger partial charge in [-0.2, -0.15) is 5.10 Å². The second kappa shape index (κ2) is 7.12. The fourth-order valence-electron chi connectivity index (χ4n) is 3.56. The fourth-order valence-corrected chi connectivity index (χ4v) is 3.56. The Balaban J connectivity index is 1.52. The van der Waals surface area contributed by atoms with E-state index in [2.05, 4.69) is 17.2 Å². The lowest BCUT2D eigenvalue weighted by Gasteiger charge is -2.35. The summed E-state index contributed by atoms with van der Waals surface area (Å²) in [6.45, 7) is 1.17. The van der Waals surface area contributed by atoms with Gasteiger partial charge in [0.25, 0.3) is 0 Å². The second-order valence-corrected chi connectivity index (χ2v) is 6.57. The van der Waals surface area contributed by atoms with Crippen LogP contribution in [0.1, 0.15) is 29.2 Å². The minimum atomic E-state index is -0.251. The maximum absolute atomic E-state index is 13.8. The molecular formula is C21H20FN3O. The Labute approximate surface area is 151 Å². The van der Waals surface area contributed by atoms with Crippen molar-refractivity contribution in [1.82, 2.24) is 14.7 Å². The van der Waals surface area contributed by atoms with Crippen molar-refractivity contribution in [2.45, 2.75) is 25.4 Å². The quantitative estimate of drug-likeness (QED) is 0.722. The summed E-state index contributed by atoms with van der Waals surface area (Å²) >= 11 is 0. The summed E-state index contributed by atoms with van der Waals surface area (Å²) in [6, 6.07) is 16.7. The molecule has 0 spiro atoms. The van der Waals surface area contributed by atoms with Crippen molar-refractivity contribution in [3.8, 4) is 0 Å². The van der Waals surface area contributed by atoms with Gasteiger partial charge in [0.2, 0.25) is 5.91 Å². The number of fused-ring (bicyclic) bond motifs is 1. The Hall–Kier alpha value is -2.95. The van der Waals surface area contributed by atoms with E-state index in [9.17, 15) is 9.18 Å². The lowest BCUT2D eigenvalue weighted by Crippen LogP contribution is -2.40. The highest BCUT2D eigenvalue weighted by Crippen LogP contribution is 2.29. The topological polar surface area (TPSA) is 38.1 Å². The molecule has 0 saturated heterocycles. The Morgan fingerprint density at radius 3 is 2.73 bits per heavy atom. The van der Waals surface area contributed by atoms with Crippen molar-refractivity contribution in [2.75, 3.05) is 6.54 Å². The first-order valence-corrected chi connectivity index (χ1v) is 8.80. The molecule has 4 rings (SSSR count). The van der Waals surface area contributed by atoms with Crippen LogP contribution in [0.3, 0.4) is 0 Å². The van der Waals surface area contributed by atoms with Gasteiger partial charge in [0.1, 0.15) is 5.82 Å². The van der Waals surface area contributed by atoms with E-state index in [1.54, 1.807) is 24.4 Å². The Morgan fingerprint density at radius 1 is 1.12 bits per heavy atom. The van der Waals surface area contributed by atoms with Crippen LogP contribution in [0.25, 0.3) is 0 Å². The molecule has 0 fully saturated rings. The van der Waals surface area contributed by atoms with Crippen LogP contribution in [0.5, 0.6) is 0 Å². The Bertz CT molecular complexity index is 907. The zero-order chi connectivity index (χ0) is 17.9. The monoisotopic (exact) mass is 349 g/mol. The average molecular weight is 349 g/mol. The van der Waals surface area contributed by atoms with Crippen molar-refractivity contribution >= 4 is 5.91 Å². The lowest BCUT2D eigenvalue weighted by molar-refractivity contribution is -0.132. The predicted octanol–water partition coefficient (Wildman–Crippen LogP) is 3.59. The number of aryl methyl sites for hydroxylation is 1. The van der Waals surface area contributed by atoms with Crippen LogP contribution in [0.15, 0.2) is 67.0 Å². The van der Waals surface area contributed by atoms with Crippen molar-refractivity contribution in [1.29, 1.82) is 0 Å². The zero-order valence-corrected chi connectivity index (χ0v) is 14.4. The van der Waals surface area contributed by atoms with Gasteiger partial charge in [-0.1, -0.05) is 42.5 Å². The standard InChI is InChI=1S/C21H20FN3O/c22-19-9-4-2-6-16(19)10-11-21(26)24-14-17-7-1-3-8-18(17)20(15-24)25-13-5-12-23-25/h1-9,12-13,20H,10-11,14-15H2. The smallest absolute Gasteiger partial charge is 0.223 e. The van der Waals surface area contributed by atoms with Crippen LogP contribution in [0.4, 0.5) is 4.39 Å². The highest BCUT2D eigenvalue weighted by molar-refractivity contribution is 5.77. The molecule has 4 nitrogen and oxygen atoms in total. The fraction of sp³-hybridized carbons (Fsp3) is 0.238. The SMILES string of the molecule is O=C(CCc1ccccc1F)N1Cc2ccccc2C(n2cccn2)C1. The summed E-state index contributed by atoms with van der Waals surface area (Å²) < 4.78 is 15.7. The lowest BCUT2D eigenvalue weighted by atomic mass is 9.95. The van der Waals surface area contributed by atoms with E-state index < -0.39 is 0 Å². The number of hydrogen-bond donors (Lipinski definition) is 0. The van der Waals surface area contributed by atoms with Crippen LogP contribution >= 0.6 is 0 Å². The first kappa shape index (κ1) is 16.5. The first-order chi connectivity index (χ1) is 12.7. The molecule has 1 aliphatic rings. The van der Waals surface area contributed by atoms with Crippen LogP contribution in [0, 0.1) is 5.82 Å². The minimum Gasteiger partial charge on any atom is -0.336 e. The maximum Gasteiger partial charge on any atom is 0.223 e. The molecule has 1 amide bonds. The molecule has 0 N–H and O–H groups in total. The second-order valence-electron chi connectivity index (χ2n) is 6.57. The Morgan fingerprint density at radius 2 is 1.92 bits per heavy atom. The first-order valence-electron chi connectivity index (χ1n) is 8.80. The zero-order valence-electron chi connectivity index (χ0n) is 14.4. The molecule has 1 unspecified atom stereocenters. The number of benzene rings is 2. The molecule has 2 heterocycles. The van der Waals surface area contributed by atoms with Crippen LogP contribution in [-0.2, 0) is 17.8 Å². The van der Waals surface area contributed by atoms with Gasteiger partial charge in [0.15, 0.2) is 0 Å². The van der Waals surface area contributed by atoms with Crippen LogP contribution < -0.4 is 0 Å². The van der Waals surface area contributed by atoms with Gasteiger partial charge in [-0.05, 0) is 35.2 Å². The largest absolute Gasteiger partial charge is 0.336 e. The highest BCUT2D eigenvalue weighted by atomic mass is 19.1. The average Bonchev–Trinajstić information content (AvgIpc) is 3.21. The summed E-state index contributed by atoms with van der Waals surface area (Å²) in [6.07, 6.45) is 4.39. The third-order valence-corrected chi connectivity index (χ3v) is 4.93. The number of amides is 1. The number of carbonyl (C=O) groups is 1. The molecule has 5 heteroatoms. The maximum atomic E-state index is 13.8. The van der Waals surface area contributed by atoms with Gasteiger partial charge in [-0.3, -0.25) is 9.48 Å². The molecule has 0 saturated carbocycles. The predicted molar refractivity (Wildman–Crippen MR) is 96.9 cm³/mol. The molecule has 0 bridgehead atoms. The van der Waals surface area contributed by atoms with E-state index in [4.69, 9.17) is 0 Å². The summed E-state index contributed by atoms with van der Waals surface area (Å²) in [5.41, 5.74) is 2.93. The summed E-state index contributed by atoms with van der Waals surface area (Å²) in [4.78, 5) is 14.6. The van der Waals surface area contributed by atoms with Gasteiger partial charge in [-0.25, -0.2) is 4.39 Å². The van der Waals surface area contributed by atoms with Gasteiger partial charge in [-0.15, -0.1) is 0 Å². The number of carbonyl (C=O) groups excluding carboxylic acids is 1. The number of rotatable bonds is 4. The molecule has 0 aliphatic carbocycles. The van der Waals surface area contributed by atoms with Gasteiger partial charge >= 0.3 is 0 Å². The number of hydrogen-bond acceptors (Lipinski definition) is 2. The number of halogens is 1. The third-order valence-electron chi connectivity index (χ3n) is 4.93. The van der Waals surface area contributed by atoms with E-state index in [1.165, 1.54) is 11.6 Å². The van der Waals surface area contributed by atoms with Gasteiger partial charge in [0, 0.05) is 31.9 Å². The van der Waals surface area contributed by atoms with Gasteiger partial charge < -0.3 is 4.90 Å². The third kappa shape index (κ3) is 3.25. The highest BCUT2D eigenvalue weighted by Gasteiger charge is 2.29. The van der Waals surface area contributed by atoms with Gasteiger partial charge in [0.05, 0.1) is 6.04 Å². The molecule has 0 radical (unpaired) electrons. The molecule has 2 aromatic carbocycles. The van der Waals surface area contributed by atoms with Crippen molar-refractivity contribution in [3.05, 3.63) is 89.5 Å². The summed E-state index contributed by atoms with van der Waals surface area (Å²) in [7, 11) is 0. The molecule has 26 heavy (non-hydrogen) atoms. The molecule has 1 aliphatic heterocycles. The van der Waals surface area contributed by atoms with Crippen molar-refractivity contribution < 1.29 is 9.18 Å². The summed E-state index contributed by atoms with van der Waals surface area (Å²) in [5, 5.41) is 4.37. The van der Waals surface area contributed by atoms with Crippen LogP contribution in [0.2, 0.25) is 0 Å². The molecule has 132 valence electrons. The summed E-state index contributed by atoms with van der Waals surface area (Å²) in [5.74, 6) is -0.210. The van der Waals surface area contributed by atoms with E-state index in [1.807, 2.05) is 34.0 Å². The van der Waals surface area contributed by atoms with E-state index >= 15 is 0 Å². The Kier molecular flexibility index (Phi) is 4.52. The molecule has 3 aromatic rings. The van der Waals surface area contributed by atoms with Crippen molar-refractivity contribution in [2.24, 2.45) is 0 Å². The molecular weight excluding hydrogens is 329 g/mol. The van der Waals surface area contributed by atoms with E-state index in [-0.39, 0.29) is 17.8 Å². The normalized spacial score (nSPS) is 16.3. The minimum absolute atomic E-state index is 0.00682. The van der Waals surface area contributed by atoms with E-state index in [0.29, 0.717) is 31.5 Å². The molecule has 1 atom stereocenters. The number of nitrogens with zero attached hydrogens (tertiary/aromatic N) is 3.